The Morgan fingerprint density at radius 3 is 2.68 bits per heavy atom. The van der Waals surface area contributed by atoms with Crippen molar-refractivity contribution in [1.82, 2.24) is 4.98 Å². The summed E-state index contributed by atoms with van der Waals surface area (Å²) in [5, 5.41) is 0. The second kappa shape index (κ2) is 6.56. The molecule has 0 bridgehead atoms. The predicted octanol–water partition coefficient (Wildman–Crippen LogP) is 3.92. The third kappa shape index (κ3) is 3.08. The molecule has 1 aliphatic carbocycles. The van der Waals surface area contributed by atoms with Crippen molar-refractivity contribution < 1.29 is 9.53 Å². The summed E-state index contributed by atoms with van der Waals surface area (Å²) in [7, 11) is 1.39. The van der Waals surface area contributed by atoms with E-state index in [1.807, 2.05) is 24.3 Å². The van der Waals surface area contributed by atoms with Gasteiger partial charge in [-0.25, -0.2) is 9.78 Å². The summed E-state index contributed by atoms with van der Waals surface area (Å²) in [5.74, 6) is -0.372. The monoisotopic (exact) mass is 293 g/mol. The van der Waals surface area contributed by atoms with Crippen molar-refractivity contribution in [3.63, 3.8) is 0 Å². The van der Waals surface area contributed by atoms with Crippen molar-refractivity contribution in [2.45, 2.75) is 25.7 Å². The van der Waals surface area contributed by atoms with Crippen LogP contribution < -0.4 is 0 Å². The molecule has 22 heavy (non-hydrogen) atoms. The van der Waals surface area contributed by atoms with Crippen LogP contribution in [0.1, 0.15) is 45.7 Å². The van der Waals surface area contributed by atoms with E-state index in [4.69, 9.17) is 4.74 Å². The van der Waals surface area contributed by atoms with Crippen LogP contribution >= 0.6 is 0 Å². The number of nitrogens with zero attached hydrogens (tertiary/aromatic N) is 1. The lowest BCUT2D eigenvalue weighted by atomic mass is 9.91. The van der Waals surface area contributed by atoms with E-state index < -0.39 is 0 Å². The molecule has 1 aliphatic rings. The highest BCUT2D eigenvalue weighted by molar-refractivity contribution is 5.88. The van der Waals surface area contributed by atoms with E-state index in [0.717, 1.165) is 36.1 Å². The zero-order valence-electron chi connectivity index (χ0n) is 12.7. The highest BCUT2D eigenvalue weighted by Gasteiger charge is 2.18. The van der Waals surface area contributed by atoms with E-state index >= 15 is 0 Å². The van der Waals surface area contributed by atoms with Crippen LogP contribution in [0.4, 0.5) is 0 Å². The molecule has 1 aromatic carbocycles. The number of hydrogen-bond donors (Lipinski definition) is 0. The van der Waals surface area contributed by atoms with E-state index in [0.29, 0.717) is 5.69 Å². The number of fused-ring (bicyclic) bond motifs is 1. The number of esters is 1. The minimum absolute atomic E-state index is 0.372. The molecule has 3 nitrogen and oxygen atoms in total. The highest BCUT2D eigenvalue weighted by atomic mass is 16.5. The zero-order chi connectivity index (χ0) is 15.4. The minimum Gasteiger partial charge on any atom is -0.464 e. The van der Waals surface area contributed by atoms with Gasteiger partial charge in [0.25, 0.3) is 0 Å². The Morgan fingerprint density at radius 2 is 1.91 bits per heavy atom. The number of aromatic nitrogens is 1. The molecule has 0 radical (unpaired) electrons. The number of pyridine rings is 1. The topological polar surface area (TPSA) is 39.2 Å². The van der Waals surface area contributed by atoms with Crippen molar-refractivity contribution in [2.75, 3.05) is 7.11 Å². The maximum Gasteiger partial charge on any atom is 0.356 e. The van der Waals surface area contributed by atoms with E-state index in [2.05, 4.69) is 29.3 Å². The van der Waals surface area contributed by atoms with Crippen LogP contribution in [0.3, 0.4) is 0 Å². The van der Waals surface area contributed by atoms with Crippen LogP contribution in [0.5, 0.6) is 0 Å². The number of carbonyl (C=O) groups excluding carboxylic acids is 1. The summed E-state index contributed by atoms with van der Waals surface area (Å²) in [4.78, 5) is 16.3. The first-order valence-electron chi connectivity index (χ1n) is 7.62. The zero-order valence-corrected chi connectivity index (χ0v) is 12.7. The molecular weight excluding hydrogens is 274 g/mol. The summed E-state index contributed by atoms with van der Waals surface area (Å²) >= 11 is 0. The molecule has 0 amide bonds. The number of benzene rings is 1. The van der Waals surface area contributed by atoms with Crippen LogP contribution in [0, 0.1) is 0 Å². The van der Waals surface area contributed by atoms with Gasteiger partial charge in [0.2, 0.25) is 0 Å². The number of hydrogen-bond acceptors (Lipinski definition) is 3. The van der Waals surface area contributed by atoms with E-state index in [1.54, 1.807) is 0 Å². The predicted molar refractivity (Wildman–Crippen MR) is 87.6 cm³/mol. The maximum absolute atomic E-state index is 11.8. The minimum atomic E-state index is -0.372. The lowest BCUT2D eigenvalue weighted by Crippen LogP contribution is -2.13. The summed E-state index contributed by atoms with van der Waals surface area (Å²) in [6, 6.07) is 12.0. The van der Waals surface area contributed by atoms with Gasteiger partial charge in [-0.1, -0.05) is 42.5 Å². The molecule has 0 saturated carbocycles. The van der Waals surface area contributed by atoms with Gasteiger partial charge in [-0.3, -0.25) is 0 Å². The standard InChI is InChI=1S/C19H19NO2/c1-22-19(21)18-13-15(12-11-14-7-3-2-4-8-14)16-9-5-6-10-17(16)20-18/h2-4,7-8,11-13H,5-6,9-10H2,1H3/b12-11+. The molecule has 2 aromatic rings. The molecule has 1 heterocycles. The van der Waals surface area contributed by atoms with Gasteiger partial charge in [-0.15, -0.1) is 0 Å². The summed E-state index contributed by atoms with van der Waals surface area (Å²) in [6.45, 7) is 0. The second-order valence-corrected chi connectivity index (χ2v) is 5.46. The highest BCUT2D eigenvalue weighted by Crippen LogP contribution is 2.25. The first-order valence-corrected chi connectivity index (χ1v) is 7.62. The van der Waals surface area contributed by atoms with Crippen molar-refractivity contribution >= 4 is 18.1 Å². The maximum atomic E-state index is 11.8. The lowest BCUT2D eigenvalue weighted by molar-refractivity contribution is 0.0593. The largest absolute Gasteiger partial charge is 0.464 e. The molecule has 3 rings (SSSR count). The molecule has 112 valence electrons. The average Bonchev–Trinajstić information content (AvgIpc) is 2.59. The van der Waals surface area contributed by atoms with Gasteiger partial charge >= 0.3 is 5.97 Å². The number of ether oxygens (including phenoxy) is 1. The fourth-order valence-electron chi connectivity index (χ4n) is 2.84. The number of carbonyl (C=O) groups is 1. The molecule has 0 spiro atoms. The lowest BCUT2D eigenvalue weighted by Gasteiger charge is -2.18. The third-order valence-corrected chi connectivity index (χ3v) is 3.98. The Kier molecular flexibility index (Phi) is 4.33. The fraction of sp³-hybridized carbons (Fsp3) is 0.263. The van der Waals surface area contributed by atoms with Gasteiger partial charge in [0.1, 0.15) is 5.69 Å². The smallest absolute Gasteiger partial charge is 0.356 e. The van der Waals surface area contributed by atoms with Crippen LogP contribution in [-0.4, -0.2) is 18.1 Å². The van der Waals surface area contributed by atoms with Crippen LogP contribution in [0.25, 0.3) is 12.2 Å². The van der Waals surface area contributed by atoms with E-state index in [1.165, 1.54) is 19.1 Å². The van der Waals surface area contributed by atoms with Crippen molar-refractivity contribution in [2.24, 2.45) is 0 Å². The first-order chi connectivity index (χ1) is 10.8. The van der Waals surface area contributed by atoms with Crippen molar-refractivity contribution in [3.05, 3.63) is 64.5 Å². The van der Waals surface area contributed by atoms with Gasteiger partial charge in [0.05, 0.1) is 7.11 Å². The summed E-state index contributed by atoms with van der Waals surface area (Å²) in [6.07, 6.45) is 8.42. The van der Waals surface area contributed by atoms with Crippen molar-refractivity contribution in [3.8, 4) is 0 Å². The Bertz CT molecular complexity index is 705. The molecule has 0 N–H and O–H groups in total. The van der Waals surface area contributed by atoms with E-state index in [9.17, 15) is 4.79 Å². The molecule has 3 heteroatoms. The molecular formula is C19H19NO2. The number of methoxy groups -OCH3 is 1. The van der Waals surface area contributed by atoms with Gasteiger partial charge in [0, 0.05) is 5.69 Å². The number of aryl methyl sites for hydroxylation is 1. The van der Waals surface area contributed by atoms with E-state index in [-0.39, 0.29) is 5.97 Å². The Morgan fingerprint density at radius 1 is 1.14 bits per heavy atom. The third-order valence-electron chi connectivity index (χ3n) is 3.98. The fourth-order valence-corrected chi connectivity index (χ4v) is 2.84. The van der Waals surface area contributed by atoms with Crippen LogP contribution in [0.15, 0.2) is 36.4 Å². The first kappa shape index (κ1) is 14.5. The van der Waals surface area contributed by atoms with Gasteiger partial charge in [-0.05, 0) is 48.4 Å². The van der Waals surface area contributed by atoms with Crippen molar-refractivity contribution in [1.29, 1.82) is 0 Å². The molecule has 0 atom stereocenters. The summed E-state index contributed by atoms with van der Waals surface area (Å²) in [5.41, 5.74) is 4.93. The molecule has 0 fully saturated rings. The molecule has 1 aromatic heterocycles. The molecule has 0 aliphatic heterocycles. The van der Waals surface area contributed by atoms with Crippen LogP contribution in [-0.2, 0) is 17.6 Å². The number of rotatable bonds is 3. The average molecular weight is 293 g/mol. The Hall–Kier alpha value is -2.42. The summed E-state index contributed by atoms with van der Waals surface area (Å²) < 4.78 is 4.82. The molecule has 0 unspecified atom stereocenters. The normalized spacial score (nSPS) is 13.9. The Labute approximate surface area is 130 Å². The van der Waals surface area contributed by atoms with Crippen LogP contribution in [0.2, 0.25) is 0 Å². The molecule has 0 saturated heterocycles. The Balaban J connectivity index is 2.01. The SMILES string of the molecule is COC(=O)c1cc(/C=C/c2ccccc2)c2c(n1)CCCC2. The quantitative estimate of drug-likeness (QED) is 0.805. The van der Waals surface area contributed by atoms with Gasteiger partial charge < -0.3 is 4.74 Å². The second-order valence-electron chi connectivity index (χ2n) is 5.46. The van der Waals surface area contributed by atoms with Gasteiger partial charge in [0.15, 0.2) is 0 Å². The van der Waals surface area contributed by atoms with Gasteiger partial charge in [-0.2, -0.15) is 0 Å².